The van der Waals surface area contributed by atoms with E-state index in [-0.39, 0.29) is 4.75 Å². The Morgan fingerprint density at radius 3 is 2.58 bits per heavy atom. The van der Waals surface area contributed by atoms with Crippen molar-refractivity contribution in [3.8, 4) is 0 Å². The van der Waals surface area contributed by atoms with Crippen LogP contribution < -0.4 is 5.73 Å². The van der Waals surface area contributed by atoms with Crippen molar-refractivity contribution < 1.29 is 4.79 Å². The summed E-state index contributed by atoms with van der Waals surface area (Å²) in [6.45, 7) is 5.22. The molecule has 1 saturated carbocycles. The topological polar surface area (TPSA) is 46.3 Å². The first-order chi connectivity index (χ1) is 9.07. The predicted molar refractivity (Wildman–Crippen MR) is 82.3 cm³/mol. The van der Waals surface area contributed by atoms with Crippen molar-refractivity contribution in [2.45, 2.75) is 75.6 Å². The number of carbonyl (C=O) groups excluding carboxylic acids is 1. The van der Waals surface area contributed by atoms with Gasteiger partial charge in [-0.15, -0.1) is 11.8 Å². The van der Waals surface area contributed by atoms with Crippen LogP contribution in [-0.2, 0) is 4.79 Å². The lowest BCUT2D eigenvalue weighted by Crippen LogP contribution is -2.51. The molecule has 0 spiro atoms. The number of amides is 1. The molecule has 1 atom stereocenters. The van der Waals surface area contributed by atoms with Gasteiger partial charge in [0.15, 0.2) is 0 Å². The minimum absolute atomic E-state index is 0.158. The molecule has 1 saturated heterocycles. The van der Waals surface area contributed by atoms with Crippen molar-refractivity contribution in [1.82, 2.24) is 4.90 Å². The highest BCUT2D eigenvalue weighted by Crippen LogP contribution is 2.40. The first kappa shape index (κ1) is 15.2. The van der Waals surface area contributed by atoms with Gasteiger partial charge < -0.3 is 10.6 Å². The average Bonchev–Trinajstić information content (AvgIpc) is 2.85. The van der Waals surface area contributed by atoms with Crippen molar-refractivity contribution >= 4 is 17.7 Å². The van der Waals surface area contributed by atoms with E-state index >= 15 is 0 Å². The minimum Gasteiger partial charge on any atom is -0.339 e. The molecule has 1 heterocycles. The highest BCUT2D eigenvalue weighted by atomic mass is 32.2. The molecule has 19 heavy (non-hydrogen) atoms. The number of thioether (sulfide) groups is 1. The van der Waals surface area contributed by atoms with Crippen LogP contribution in [0.25, 0.3) is 0 Å². The lowest BCUT2D eigenvalue weighted by Gasteiger charge is -2.39. The van der Waals surface area contributed by atoms with Crippen LogP contribution in [0.4, 0.5) is 0 Å². The molecule has 0 radical (unpaired) electrons. The van der Waals surface area contributed by atoms with Gasteiger partial charge >= 0.3 is 0 Å². The third-order valence-electron chi connectivity index (χ3n) is 4.58. The molecule has 4 heteroatoms. The van der Waals surface area contributed by atoms with E-state index in [9.17, 15) is 4.79 Å². The quantitative estimate of drug-likeness (QED) is 0.863. The maximum atomic E-state index is 12.9. The molecular formula is C15H28N2OS. The second kappa shape index (κ2) is 6.49. The van der Waals surface area contributed by atoms with Gasteiger partial charge in [-0.1, -0.05) is 6.92 Å². The minimum atomic E-state index is -0.158. The van der Waals surface area contributed by atoms with Gasteiger partial charge in [0.2, 0.25) is 5.91 Å². The van der Waals surface area contributed by atoms with Crippen molar-refractivity contribution in [1.29, 1.82) is 0 Å². The SMILES string of the molecule is CCCN(C(=O)C1(C)CCCS1)C1CCC(N)CC1. The summed E-state index contributed by atoms with van der Waals surface area (Å²) < 4.78 is -0.158. The van der Waals surface area contributed by atoms with E-state index in [0.717, 1.165) is 50.8 Å². The second-order valence-corrected chi connectivity index (χ2v) is 7.85. The highest BCUT2D eigenvalue weighted by molar-refractivity contribution is 8.01. The first-order valence-corrected chi connectivity index (χ1v) is 8.76. The van der Waals surface area contributed by atoms with E-state index < -0.39 is 0 Å². The number of hydrogen-bond donors (Lipinski definition) is 1. The van der Waals surface area contributed by atoms with Crippen LogP contribution >= 0.6 is 11.8 Å². The molecule has 1 unspecified atom stereocenters. The van der Waals surface area contributed by atoms with E-state index in [1.807, 2.05) is 11.8 Å². The lowest BCUT2D eigenvalue weighted by molar-refractivity contribution is -0.136. The molecule has 3 nitrogen and oxygen atoms in total. The molecule has 1 aliphatic heterocycles. The van der Waals surface area contributed by atoms with Crippen LogP contribution in [0.3, 0.4) is 0 Å². The predicted octanol–water partition coefficient (Wildman–Crippen LogP) is 2.78. The zero-order valence-electron chi connectivity index (χ0n) is 12.4. The third kappa shape index (κ3) is 3.46. The molecule has 110 valence electrons. The summed E-state index contributed by atoms with van der Waals surface area (Å²) in [6, 6.07) is 0.788. The van der Waals surface area contributed by atoms with Gasteiger partial charge in [-0.3, -0.25) is 4.79 Å². The molecule has 0 aromatic heterocycles. The van der Waals surface area contributed by atoms with Crippen LogP contribution in [0.5, 0.6) is 0 Å². The number of rotatable bonds is 4. The summed E-state index contributed by atoms with van der Waals surface area (Å²) >= 11 is 1.86. The Kier molecular flexibility index (Phi) is 5.18. The van der Waals surface area contributed by atoms with Crippen molar-refractivity contribution in [2.75, 3.05) is 12.3 Å². The largest absolute Gasteiger partial charge is 0.339 e. The standard InChI is InChI=1S/C15H28N2OS/c1-3-10-17(13-7-5-12(16)6-8-13)14(18)15(2)9-4-11-19-15/h12-13H,3-11,16H2,1-2H3. The van der Waals surface area contributed by atoms with E-state index in [4.69, 9.17) is 5.73 Å². The summed E-state index contributed by atoms with van der Waals surface area (Å²) in [5.74, 6) is 1.52. The molecule has 2 fully saturated rings. The van der Waals surface area contributed by atoms with Crippen LogP contribution in [0, 0.1) is 0 Å². The smallest absolute Gasteiger partial charge is 0.238 e. The number of carbonyl (C=O) groups is 1. The fraction of sp³-hybridized carbons (Fsp3) is 0.933. The molecule has 0 aromatic rings. The van der Waals surface area contributed by atoms with Crippen LogP contribution in [0.1, 0.15) is 58.8 Å². The van der Waals surface area contributed by atoms with E-state index in [1.54, 1.807) is 0 Å². The maximum absolute atomic E-state index is 12.9. The van der Waals surface area contributed by atoms with Crippen molar-refractivity contribution in [3.05, 3.63) is 0 Å². The fourth-order valence-electron chi connectivity index (χ4n) is 3.36. The monoisotopic (exact) mass is 284 g/mol. The van der Waals surface area contributed by atoms with Gasteiger partial charge in [0, 0.05) is 18.6 Å². The van der Waals surface area contributed by atoms with Gasteiger partial charge in [0.1, 0.15) is 0 Å². The molecular weight excluding hydrogens is 256 g/mol. The van der Waals surface area contributed by atoms with Crippen LogP contribution in [-0.4, -0.2) is 39.9 Å². The van der Waals surface area contributed by atoms with Crippen molar-refractivity contribution in [2.24, 2.45) is 5.73 Å². The maximum Gasteiger partial charge on any atom is 0.238 e. The van der Waals surface area contributed by atoms with Crippen LogP contribution in [0.15, 0.2) is 0 Å². The Labute approximate surface area is 121 Å². The zero-order valence-corrected chi connectivity index (χ0v) is 13.2. The van der Waals surface area contributed by atoms with Crippen molar-refractivity contribution in [3.63, 3.8) is 0 Å². The molecule has 2 rings (SSSR count). The van der Waals surface area contributed by atoms with Gasteiger partial charge in [-0.25, -0.2) is 0 Å². The van der Waals surface area contributed by atoms with Gasteiger partial charge in [-0.05, 0) is 57.6 Å². The van der Waals surface area contributed by atoms with Crippen LogP contribution in [0.2, 0.25) is 0 Å². The first-order valence-electron chi connectivity index (χ1n) is 7.77. The molecule has 1 aliphatic carbocycles. The second-order valence-electron chi connectivity index (χ2n) is 6.25. The molecule has 2 N–H and O–H groups in total. The third-order valence-corrected chi connectivity index (χ3v) is 6.09. The summed E-state index contributed by atoms with van der Waals surface area (Å²) in [6.07, 6.45) is 7.60. The van der Waals surface area contributed by atoms with Gasteiger partial charge in [-0.2, -0.15) is 0 Å². The van der Waals surface area contributed by atoms with E-state index in [1.165, 1.54) is 6.42 Å². The Morgan fingerprint density at radius 2 is 2.05 bits per heavy atom. The average molecular weight is 284 g/mol. The normalized spacial score (nSPS) is 35.3. The molecule has 0 bridgehead atoms. The van der Waals surface area contributed by atoms with E-state index in [2.05, 4.69) is 18.7 Å². The summed E-state index contributed by atoms with van der Waals surface area (Å²) in [4.78, 5) is 15.1. The number of nitrogens with two attached hydrogens (primary N) is 1. The summed E-state index contributed by atoms with van der Waals surface area (Å²) in [5.41, 5.74) is 5.99. The Bertz CT molecular complexity index is 307. The molecule has 0 aromatic carbocycles. The molecule has 2 aliphatic rings. The van der Waals surface area contributed by atoms with E-state index in [0.29, 0.717) is 18.0 Å². The van der Waals surface area contributed by atoms with Gasteiger partial charge in [0.25, 0.3) is 0 Å². The van der Waals surface area contributed by atoms with Gasteiger partial charge in [0.05, 0.1) is 4.75 Å². The number of nitrogens with zero attached hydrogens (tertiary/aromatic N) is 1. The highest BCUT2D eigenvalue weighted by Gasteiger charge is 2.42. The summed E-state index contributed by atoms with van der Waals surface area (Å²) in [5, 5.41) is 0. The Balaban J connectivity index is 2.04. The fourth-order valence-corrected chi connectivity index (χ4v) is 4.62. The number of hydrogen-bond acceptors (Lipinski definition) is 3. The molecule has 1 amide bonds. The Morgan fingerprint density at radius 1 is 1.37 bits per heavy atom. The Hall–Kier alpha value is -0.220. The summed E-state index contributed by atoms with van der Waals surface area (Å²) in [7, 11) is 0. The zero-order chi connectivity index (χ0) is 13.9. The lowest BCUT2D eigenvalue weighted by atomic mass is 9.89.